The Morgan fingerprint density at radius 2 is 2.07 bits per heavy atom. The fourth-order valence-corrected chi connectivity index (χ4v) is 3.63. The zero-order chi connectivity index (χ0) is 19.8. The molecule has 1 amide bonds. The summed E-state index contributed by atoms with van der Waals surface area (Å²) in [5.74, 6) is 0.568. The molecule has 0 saturated carbocycles. The maximum absolute atomic E-state index is 13.1. The van der Waals surface area contributed by atoms with Gasteiger partial charge >= 0.3 is 0 Å². The lowest BCUT2D eigenvalue weighted by atomic mass is 10.2. The number of rotatable bonds is 4. The fraction of sp³-hybridized carbons (Fsp3) is 0.190. The van der Waals surface area contributed by atoms with Crippen molar-refractivity contribution in [2.75, 3.05) is 18.0 Å². The molecule has 0 radical (unpaired) electrons. The number of hydrogen-bond donors (Lipinski definition) is 1. The number of nitrogens with one attached hydrogen (secondary N) is 1. The summed E-state index contributed by atoms with van der Waals surface area (Å²) >= 11 is 0. The molecule has 0 aliphatic carbocycles. The first-order valence-electron chi connectivity index (χ1n) is 9.36. The van der Waals surface area contributed by atoms with Gasteiger partial charge < -0.3 is 19.0 Å². The van der Waals surface area contributed by atoms with Gasteiger partial charge in [0.25, 0.3) is 5.91 Å². The van der Waals surface area contributed by atoms with Crippen molar-refractivity contribution in [3.63, 3.8) is 0 Å². The highest BCUT2D eigenvalue weighted by Gasteiger charge is 2.27. The van der Waals surface area contributed by atoms with E-state index < -0.39 is 0 Å². The number of oxazole rings is 1. The van der Waals surface area contributed by atoms with Crippen LogP contribution in [0.4, 0.5) is 10.2 Å². The molecule has 3 aromatic heterocycles. The number of benzene rings is 1. The zero-order valence-electron chi connectivity index (χ0n) is 15.5. The number of aromatic nitrogens is 3. The molecule has 1 aliphatic rings. The second-order valence-corrected chi connectivity index (χ2v) is 7.00. The predicted octanol–water partition coefficient (Wildman–Crippen LogP) is 3.14. The van der Waals surface area contributed by atoms with Crippen LogP contribution in [0.5, 0.6) is 0 Å². The second-order valence-electron chi connectivity index (χ2n) is 7.00. The second kappa shape index (κ2) is 7.05. The van der Waals surface area contributed by atoms with E-state index in [1.807, 2.05) is 28.9 Å². The van der Waals surface area contributed by atoms with Crippen LogP contribution in [-0.2, 0) is 0 Å². The normalized spacial score (nSPS) is 16.4. The SMILES string of the molecule is O=C(N[C@H]1CCN(c2nccn3cccc23)C1)c1coc(-c2ccc(F)cc2)n1. The molecule has 1 fully saturated rings. The monoisotopic (exact) mass is 391 g/mol. The number of amides is 1. The van der Waals surface area contributed by atoms with Gasteiger partial charge in [0.05, 0.1) is 5.52 Å². The number of halogens is 1. The molecule has 0 bridgehead atoms. The van der Waals surface area contributed by atoms with Crippen LogP contribution in [0, 0.1) is 5.82 Å². The van der Waals surface area contributed by atoms with Crippen LogP contribution in [0.1, 0.15) is 16.9 Å². The summed E-state index contributed by atoms with van der Waals surface area (Å²) in [5, 5.41) is 3.01. The summed E-state index contributed by atoms with van der Waals surface area (Å²) in [4.78, 5) is 23.5. The highest BCUT2D eigenvalue weighted by molar-refractivity contribution is 5.92. The highest BCUT2D eigenvalue weighted by Crippen LogP contribution is 2.24. The molecule has 29 heavy (non-hydrogen) atoms. The fourth-order valence-electron chi connectivity index (χ4n) is 3.63. The molecule has 4 aromatic rings. The van der Waals surface area contributed by atoms with Crippen molar-refractivity contribution in [3.8, 4) is 11.5 Å². The van der Waals surface area contributed by atoms with Gasteiger partial charge in [-0.2, -0.15) is 0 Å². The van der Waals surface area contributed by atoms with Crippen LogP contribution >= 0.6 is 0 Å². The molecule has 8 heteroatoms. The van der Waals surface area contributed by atoms with Crippen LogP contribution in [0.25, 0.3) is 17.0 Å². The van der Waals surface area contributed by atoms with Gasteiger partial charge in [0.1, 0.15) is 12.1 Å². The summed E-state index contributed by atoms with van der Waals surface area (Å²) < 4.78 is 20.5. The Morgan fingerprint density at radius 1 is 1.21 bits per heavy atom. The molecule has 1 saturated heterocycles. The van der Waals surface area contributed by atoms with Crippen LogP contribution in [0.3, 0.4) is 0 Å². The van der Waals surface area contributed by atoms with Crippen molar-refractivity contribution in [3.05, 3.63) is 72.8 Å². The Balaban J connectivity index is 1.26. The first-order valence-corrected chi connectivity index (χ1v) is 9.36. The minimum Gasteiger partial charge on any atom is -0.444 e. The van der Waals surface area contributed by atoms with E-state index in [4.69, 9.17) is 4.42 Å². The Kier molecular flexibility index (Phi) is 4.23. The summed E-state index contributed by atoms with van der Waals surface area (Å²) in [6.45, 7) is 1.48. The van der Waals surface area contributed by atoms with Gasteiger partial charge in [0.15, 0.2) is 11.5 Å². The quantitative estimate of drug-likeness (QED) is 0.578. The van der Waals surface area contributed by atoms with E-state index >= 15 is 0 Å². The minimum atomic E-state index is -0.339. The number of fused-ring (bicyclic) bond motifs is 1. The van der Waals surface area contributed by atoms with E-state index in [1.165, 1.54) is 18.4 Å². The van der Waals surface area contributed by atoms with Crippen LogP contribution < -0.4 is 10.2 Å². The van der Waals surface area contributed by atoms with Gasteiger partial charge in [-0.25, -0.2) is 14.4 Å². The Morgan fingerprint density at radius 3 is 2.93 bits per heavy atom. The van der Waals surface area contributed by atoms with Crippen molar-refractivity contribution in [2.24, 2.45) is 0 Å². The largest absolute Gasteiger partial charge is 0.444 e. The molecular weight excluding hydrogens is 373 g/mol. The van der Waals surface area contributed by atoms with E-state index in [9.17, 15) is 9.18 Å². The number of nitrogens with zero attached hydrogens (tertiary/aromatic N) is 4. The van der Waals surface area contributed by atoms with E-state index in [1.54, 1.807) is 18.3 Å². The van der Waals surface area contributed by atoms with E-state index in [0.717, 1.165) is 24.3 Å². The molecule has 0 spiro atoms. The van der Waals surface area contributed by atoms with Gasteiger partial charge in [-0.05, 0) is 42.8 Å². The molecule has 1 N–H and O–H groups in total. The lowest BCUT2D eigenvalue weighted by Crippen LogP contribution is -2.37. The topological polar surface area (TPSA) is 75.7 Å². The van der Waals surface area contributed by atoms with Crippen molar-refractivity contribution in [1.82, 2.24) is 19.7 Å². The first kappa shape index (κ1) is 17.4. The van der Waals surface area contributed by atoms with Crippen LogP contribution in [0.15, 0.2) is 65.7 Å². The van der Waals surface area contributed by atoms with Crippen LogP contribution in [0.2, 0.25) is 0 Å². The molecule has 146 valence electrons. The molecule has 1 atom stereocenters. The van der Waals surface area contributed by atoms with Gasteiger partial charge in [0, 0.05) is 43.3 Å². The van der Waals surface area contributed by atoms with Crippen LogP contribution in [-0.4, -0.2) is 39.4 Å². The van der Waals surface area contributed by atoms with Crippen molar-refractivity contribution in [2.45, 2.75) is 12.5 Å². The smallest absolute Gasteiger partial charge is 0.273 e. The molecule has 1 aliphatic heterocycles. The molecular formula is C21H18FN5O2. The number of hydrogen-bond acceptors (Lipinski definition) is 5. The molecule has 4 heterocycles. The van der Waals surface area contributed by atoms with Crippen molar-refractivity contribution < 1.29 is 13.6 Å². The summed E-state index contributed by atoms with van der Waals surface area (Å²) in [6.07, 6.45) is 7.82. The zero-order valence-corrected chi connectivity index (χ0v) is 15.5. The summed E-state index contributed by atoms with van der Waals surface area (Å²) in [5.41, 5.74) is 1.86. The molecule has 7 nitrogen and oxygen atoms in total. The number of carbonyl (C=O) groups is 1. The van der Waals surface area contributed by atoms with Gasteiger partial charge in [-0.15, -0.1) is 0 Å². The van der Waals surface area contributed by atoms with Gasteiger partial charge in [-0.1, -0.05) is 0 Å². The molecule has 0 unspecified atom stereocenters. The summed E-state index contributed by atoms with van der Waals surface area (Å²) in [7, 11) is 0. The summed E-state index contributed by atoms with van der Waals surface area (Å²) in [6, 6.07) is 9.78. The maximum atomic E-state index is 13.1. The van der Waals surface area contributed by atoms with E-state index in [0.29, 0.717) is 12.1 Å². The minimum absolute atomic E-state index is 0.00881. The first-order chi connectivity index (χ1) is 14.2. The lowest BCUT2D eigenvalue weighted by Gasteiger charge is -2.18. The third kappa shape index (κ3) is 3.33. The van der Waals surface area contributed by atoms with Gasteiger partial charge in [0.2, 0.25) is 5.89 Å². The average Bonchev–Trinajstić information content (AvgIpc) is 3.48. The van der Waals surface area contributed by atoms with Gasteiger partial charge in [-0.3, -0.25) is 4.79 Å². The van der Waals surface area contributed by atoms with Crippen molar-refractivity contribution >= 4 is 17.2 Å². The third-order valence-corrected chi connectivity index (χ3v) is 5.08. The standard InChI is InChI=1S/C21H18FN5O2/c22-15-5-3-14(4-6-15)21-25-17(13-29-21)20(28)24-16-7-10-27(12-16)19-18-2-1-9-26(18)11-8-23-19/h1-6,8-9,11,13,16H,7,10,12H2,(H,24,28)/t16-/m0/s1. The van der Waals surface area contributed by atoms with Crippen molar-refractivity contribution in [1.29, 1.82) is 0 Å². The molecule has 5 rings (SSSR count). The molecule has 1 aromatic carbocycles. The highest BCUT2D eigenvalue weighted by atomic mass is 19.1. The number of carbonyl (C=O) groups excluding carboxylic acids is 1. The van der Waals surface area contributed by atoms with E-state index in [2.05, 4.69) is 20.2 Å². The lowest BCUT2D eigenvalue weighted by molar-refractivity contribution is 0.0935. The van der Waals surface area contributed by atoms with E-state index in [-0.39, 0.29) is 29.4 Å². The number of anilines is 1. The Labute approximate surface area is 165 Å². The maximum Gasteiger partial charge on any atom is 0.273 e. The Hall–Kier alpha value is -3.68. The predicted molar refractivity (Wildman–Crippen MR) is 105 cm³/mol. The third-order valence-electron chi connectivity index (χ3n) is 5.08. The Bertz CT molecular complexity index is 1170. The average molecular weight is 391 g/mol.